The van der Waals surface area contributed by atoms with E-state index < -0.39 is 11.7 Å². The van der Waals surface area contributed by atoms with E-state index in [0.717, 1.165) is 11.6 Å². The summed E-state index contributed by atoms with van der Waals surface area (Å²) in [4.78, 5) is 0. The molecule has 0 aliphatic carbocycles. The minimum Gasteiger partial charge on any atom is -0.166 e. The number of hydrogen-bond donors (Lipinski definition) is 0. The van der Waals surface area contributed by atoms with Crippen LogP contribution in [-0.2, 0) is 6.18 Å². The second kappa shape index (κ2) is 3.33. The van der Waals surface area contributed by atoms with Gasteiger partial charge in [-0.05, 0) is 37.1 Å². The maximum atomic E-state index is 12.3. The monoisotopic (exact) mass is 252 g/mol. The van der Waals surface area contributed by atoms with Gasteiger partial charge in [-0.25, -0.2) is 0 Å². The van der Waals surface area contributed by atoms with E-state index in [1.165, 1.54) is 6.07 Å². The molecule has 1 aromatic carbocycles. The highest BCUT2D eigenvalue weighted by Crippen LogP contribution is 2.36. The first-order valence-corrected chi connectivity index (χ1v) is 4.45. The van der Waals surface area contributed by atoms with Gasteiger partial charge in [-0.2, -0.15) is 13.2 Å². The molecule has 1 rings (SSSR count). The average molecular weight is 253 g/mol. The Morgan fingerprint density at radius 3 is 2.00 bits per heavy atom. The smallest absolute Gasteiger partial charge is 0.166 e. The molecule has 0 heterocycles. The molecule has 0 atom stereocenters. The standard InChI is InChI=1S/C9H8BrF3/c1-5-3-7(9(11,12)13)8(10)4-6(5)2/h3-4H,1-2H3. The van der Waals surface area contributed by atoms with Crippen LogP contribution in [0.2, 0.25) is 0 Å². The summed E-state index contributed by atoms with van der Waals surface area (Å²) in [5.74, 6) is 0. The highest BCUT2D eigenvalue weighted by molar-refractivity contribution is 9.10. The van der Waals surface area contributed by atoms with Crippen LogP contribution in [0.1, 0.15) is 16.7 Å². The van der Waals surface area contributed by atoms with Crippen LogP contribution in [0.5, 0.6) is 0 Å². The minimum atomic E-state index is -4.28. The van der Waals surface area contributed by atoms with Crippen molar-refractivity contribution in [2.45, 2.75) is 20.0 Å². The lowest BCUT2D eigenvalue weighted by Gasteiger charge is -2.11. The van der Waals surface area contributed by atoms with Crippen molar-refractivity contribution in [3.63, 3.8) is 0 Å². The first-order valence-electron chi connectivity index (χ1n) is 3.66. The van der Waals surface area contributed by atoms with Crippen molar-refractivity contribution in [3.05, 3.63) is 33.3 Å². The molecule has 0 unspecified atom stereocenters. The van der Waals surface area contributed by atoms with E-state index in [1.54, 1.807) is 13.8 Å². The first-order chi connectivity index (χ1) is 5.82. The zero-order chi connectivity index (χ0) is 10.2. The molecule has 13 heavy (non-hydrogen) atoms. The van der Waals surface area contributed by atoms with Crippen LogP contribution in [0.25, 0.3) is 0 Å². The first kappa shape index (κ1) is 10.6. The van der Waals surface area contributed by atoms with E-state index in [1.807, 2.05) is 0 Å². The molecule has 0 saturated heterocycles. The predicted molar refractivity (Wildman–Crippen MR) is 48.6 cm³/mol. The fourth-order valence-corrected chi connectivity index (χ4v) is 1.68. The van der Waals surface area contributed by atoms with E-state index in [0.29, 0.717) is 5.56 Å². The lowest BCUT2D eigenvalue weighted by molar-refractivity contribution is -0.138. The summed E-state index contributed by atoms with van der Waals surface area (Å²) >= 11 is 2.90. The lowest BCUT2D eigenvalue weighted by atomic mass is 10.1. The number of aryl methyl sites for hydroxylation is 2. The molecule has 0 aliphatic rings. The van der Waals surface area contributed by atoms with Gasteiger partial charge >= 0.3 is 6.18 Å². The van der Waals surface area contributed by atoms with Gasteiger partial charge in [0.15, 0.2) is 0 Å². The summed E-state index contributed by atoms with van der Waals surface area (Å²) < 4.78 is 37.1. The van der Waals surface area contributed by atoms with Crippen molar-refractivity contribution in [1.29, 1.82) is 0 Å². The largest absolute Gasteiger partial charge is 0.417 e. The molecule has 0 saturated carbocycles. The van der Waals surface area contributed by atoms with Crippen molar-refractivity contribution in [3.8, 4) is 0 Å². The van der Waals surface area contributed by atoms with Crippen LogP contribution in [0.4, 0.5) is 13.2 Å². The van der Waals surface area contributed by atoms with Crippen LogP contribution < -0.4 is 0 Å². The van der Waals surface area contributed by atoms with Crippen molar-refractivity contribution >= 4 is 15.9 Å². The highest BCUT2D eigenvalue weighted by Gasteiger charge is 2.33. The van der Waals surface area contributed by atoms with E-state index >= 15 is 0 Å². The molecule has 0 aromatic heterocycles. The van der Waals surface area contributed by atoms with E-state index in [9.17, 15) is 13.2 Å². The van der Waals surface area contributed by atoms with Crippen molar-refractivity contribution < 1.29 is 13.2 Å². The summed E-state index contributed by atoms with van der Waals surface area (Å²) in [5, 5.41) is 0. The number of rotatable bonds is 0. The molecule has 0 fully saturated rings. The van der Waals surface area contributed by atoms with Crippen molar-refractivity contribution in [2.75, 3.05) is 0 Å². The third-order valence-corrected chi connectivity index (χ3v) is 2.54. The van der Waals surface area contributed by atoms with E-state index in [4.69, 9.17) is 0 Å². The molecule has 0 bridgehead atoms. The quantitative estimate of drug-likeness (QED) is 0.653. The van der Waals surface area contributed by atoms with Gasteiger partial charge in [0.1, 0.15) is 0 Å². The van der Waals surface area contributed by atoms with Gasteiger partial charge in [0, 0.05) is 4.47 Å². The van der Waals surface area contributed by atoms with Gasteiger partial charge in [0.05, 0.1) is 5.56 Å². The molecule has 0 amide bonds. The molecule has 0 spiro atoms. The Morgan fingerprint density at radius 1 is 1.08 bits per heavy atom. The number of alkyl halides is 3. The minimum absolute atomic E-state index is 0.100. The molecule has 4 heteroatoms. The Morgan fingerprint density at radius 2 is 1.54 bits per heavy atom. The summed E-state index contributed by atoms with van der Waals surface area (Å²) in [6, 6.07) is 2.64. The van der Waals surface area contributed by atoms with Gasteiger partial charge in [-0.15, -0.1) is 0 Å². The summed E-state index contributed by atoms with van der Waals surface area (Å²) in [6.45, 7) is 3.44. The zero-order valence-corrected chi connectivity index (χ0v) is 8.75. The van der Waals surface area contributed by atoms with Crippen molar-refractivity contribution in [2.24, 2.45) is 0 Å². The van der Waals surface area contributed by atoms with Gasteiger partial charge in [0.2, 0.25) is 0 Å². The summed E-state index contributed by atoms with van der Waals surface area (Å²) in [7, 11) is 0. The summed E-state index contributed by atoms with van der Waals surface area (Å²) in [5.41, 5.74) is 0.881. The second-order valence-electron chi connectivity index (χ2n) is 2.91. The van der Waals surface area contributed by atoms with Crippen LogP contribution in [0, 0.1) is 13.8 Å². The van der Waals surface area contributed by atoms with Gasteiger partial charge in [-0.1, -0.05) is 15.9 Å². The SMILES string of the molecule is Cc1cc(Br)c(C(F)(F)F)cc1C. The van der Waals surface area contributed by atoms with Gasteiger partial charge in [0.25, 0.3) is 0 Å². The Labute approximate surface area is 82.9 Å². The maximum absolute atomic E-state index is 12.3. The fourth-order valence-electron chi connectivity index (χ4n) is 0.998. The maximum Gasteiger partial charge on any atom is 0.417 e. The second-order valence-corrected chi connectivity index (χ2v) is 3.77. The highest BCUT2D eigenvalue weighted by atomic mass is 79.9. The summed E-state index contributed by atoms with van der Waals surface area (Å²) in [6.07, 6.45) is -4.28. The molecular formula is C9H8BrF3. The molecule has 0 N–H and O–H groups in total. The molecular weight excluding hydrogens is 245 g/mol. The van der Waals surface area contributed by atoms with Crippen molar-refractivity contribution in [1.82, 2.24) is 0 Å². The van der Waals surface area contributed by atoms with Crippen LogP contribution in [0.3, 0.4) is 0 Å². The van der Waals surface area contributed by atoms with Crippen LogP contribution in [0.15, 0.2) is 16.6 Å². The molecule has 72 valence electrons. The lowest BCUT2D eigenvalue weighted by Crippen LogP contribution is -2.06. The Balaban J connectivity index is 3.32. The predicted octanol–water partition coefficient (Wildman–Crippen LogP) is 4.08. The molecule has 0 aliphatic heterocycles. The Bertz CT molecular complexity index is 328. The number of hydrogen-bond acceptors (Lipinski definition) is 0. The number of benzene rings is 1. The van der Waals surface area contributed by atoms with Gasteiger partial charge in [-0.3, -0.25) is 0 Å². The Kier molecular flexibility index (Phi) is 2.71. The van der Waals surface area contributed by atoms with Crippen LogP contribution in [-0.4, -0.2) is 0 Å². The molecule has 0 radical (unpaired) electrons. The zero-order valence-electron chi connectivity index (χ0n) is 7.17. The molecule has 0 nitrogen and oxygen atoms in total. The van der Waals surface area contributed by atoms with E-state index in [-0.39, 0.29) is 4.47 Å². The number of halogens is 4. The van der Waals surface area contributed by atoms with E-state index in [2.05, 4.69) is 15.9 Å². The van der Waals surface area contributed by atoms with Crippen LogP contribution >= 0.6 is 15.9 Å². The third-order valence-electron chi connectivity index (χ3n) is 1.89. The van der Waals surface area contributed by atoms with Gasteiger partial charge < -0.3 is 0 Å². The topological polar surface area (TPSA) is 0 Å². The average Bonchev–Trinajstić information content (AvgIpc) is 1.94. The molecule has 1 aromatic rings. The normalized spacial score (nSPS) is 11.8. The Hall–Kier alpha value is -0.510. The third kappa shape index (κ3) is 2.24. The fraction of sp³-hybridized carbons (Fsp3) is 0.333.